The van der Waals surface area contributed by atoms with Gasteiger partial charge in [0.05, 0.1) is 11.0 Å². The first-order chi connectivity index (χ1) is 13.7. The summed E-state index contributed by atoms with van der Waals surface area (Å²) in [5.74, 6) is 0.962. The van der Waals surface area contributed by atoms with Gasteiger partial charge in [-0.3, -0.25) is 4.57 Å². The predicted octanol–water partition coefficient (Wildman–Crippen LogP) is 6.49. The minimum atomic E-state index is -0.00842. The van der Waals surface area contributed by atoms with Crippen LogP contribution in [0.2, 0.25) is 0 Å². The maximum Gasteiger partial charge on any atom is 0.137 e. The Bertz CT molecular complexity index is 1370. The summed E-state index contributed by atoms with van der Waals surface area (Å²) in [7, 11) is 0. The van der Waals surface area contributed by atoms with Crippen molar-refractivity contribution in [2.24, 2.45) is 0 Å². The van der Waals surface area contributed by atoms with Gasteiger partial charge in [0.25, 0.3) is 0 Å². The number of hydrogen-bond acceptors (Lipinski definition) is 1. The smallest absolute Gasteiger partial charge is 0.137 e. The van der Waals surface area contributed by atoms with E-state index >= 15 is 0 Å². The first-order valence-corrected chi connectivity index (χ1v) is 9.76. The van der Waals surface area contributed by atoms with Gasteiger partial charge in [-0.15, -0.1) is 0 Å². The quantitative estimate of drug-likeness (QED) is 0.334. The van der Waals surface area contributed by atoms with Crippen molar-refractivity contribution in [3.05, 3.63) is 96.2 Å². The van der Waals surface area contributed by atoms with Gasteiger partial charge in [-0.1, -0.05) is 74.5 Å². The lowest BCUT2D eigenvalue weighted by atomic mass is 9.82. The van der Waals surface area contributed by atoms with Gasteiger partial charge < -0.3 is 0 Å². The first kappa shape index (κ1) is 15.6. The number of fused-ring (bicyclic) bond motifs is 7. The molecule has 1 aliphatic carbocycles. The van der Waals surface area contributed by atoms with E-state index in [9.17, 15) is 0 Å². The molecule has 0 unspecified atom stereocenters. The summed E-state index contributed by atoms with van der Waals surface area (Å²) >= 11 is 0. The molecular weight excluding hydrogens is 340 g/mol. The van der Waals surface area contributed by atoms with Gasteiger partial charge in [0.1, 0.15) is 5.82 Å². The fourth-order valence-corrected chi connectivity index (χ4v) is 4.97. The maximum atomic E-state index is 4.70. The SMILES string of the molecule is CC1(C)c2ccccc2-c2c1ccc1c3ccccc3n(-c3ccccn3)c21. The van der Waals surface area contributed by atoms with Gasteiger partial charge in [-0.2, -0.15) is 0 Å². The molecule has 0 N–H and O–H groups in total. The van der Waals surface area contributed by atoms with Gasteiger partial charge in [-0.05, 0) is 34.9 Å². The molecule has 28 heavy (non-hydrogen) atoms. The van der Waals surface area contributed by atoms with Crippen LogP contribution in [0, 0.1) is 0 Å². The summed E-state index contributed by atoms with van der Waals surface area (Å²) in [6, 6.07) is 28.2. The van der Waals surface area contributed by atoms with Crippen LogP contribution in [0.1, 0.15) is 25.0 Å². The van der Waals surface area contributed by atoms with E-state index in [1.54, 1.807) is 0 Å². The highest BCUT2D eigenvalue weighted by molar-refractivity contribution is 6.15. The molecule has 0 spiro atoms. The van der Waals surface area contributed by atoms with Gasteiger partial charge in [0.15, 0.2) is 0 Å². The Kier molecular flexibility index (Phi) is 2.98. The van der Waals surface area contributed by atoms with Crippen molar-refractivity contribution in [1.29, 1.82) is 0 Å². The molecule has 0 aliphatic heterocycles. The lowest BCUT2D eigenvalue weighted by molar-refractivity contribution is 0.661. The van der Waals surface area contributed by atoms with E-state index < -0.39 is 0 Å². The number of pyridine rings is 1. The Hall–Kier alpha value is -3.39. The zero-order valence-electron chi connectivity index (χ0n) is 16.0. The Labute approximate surface area is 164 Å². The van der Waals surface area contributed by atoms with E-state index in [1.165, 1.54) is 44.1 Å². The van der Waals surface area contributed by atoms with Crippen molar-refractivity contribution in [2.75, 3.05) is 0 Å². The molecule has 3 aromatic carbocycles. The number of rotatable bonds is 1. The largest absolute Gasteiger partial charge is 0.293 e. The molecule has 1 aliphatic rings. The van der Waals surface area contributed by atoms with Crippen LogP contribution >= 0.6 is 0 Å². The summed E-state index contributed by atoms with van der Waals surface area (Å²) in [6.45, 7) is 4.66. The fraction of sp³-hybridized carbons (Fsp3) is 0.115. The summed E-state index contributed by atoms with van der Waals surface area (Å²) in [5, 5.41) is 2.56. The van der Waals surface area contributed by atoms with Crippen molar-refractivity contribution >= 4 is 21.8 Å². The van der Waals surface area contributed by atoms with Crippen molar-refractivity contribution in [1.82, 2.24) is 9.55 Å². The molecule has 0 saturated carbocycles. The zero-order chi connectivity index (χ0) is 18.9. The number of benzene rings is 3. The second-order valence-corrected chi connectivity index (χ2v) is 8.10. The van der Waals surface area contributed by atoms with Gasteiger partial charge in [0, 0.05) is 27.9 Å². The van der Waals surface area contributed by atoms with Crippen molar-refractivity contribution in [3.8, 4) is 16.9 Å². The molecule has 2 nitrogen and oxygen atoms in total. The van der Waals surface area contributed by atoms with E-state index in [1.807, 2.05) is 12.3 Å². The number of nitrogens with zero attached hydrogens (tertiary/aromatic N) is 2. The zero-order valence-corrected chi connectivity index (χ0v) is 16.0. The molecule has 0 atom stereocenters. The summed E-state index contributed by atoms with van der Waals surface area (Å²) < 4.78 is 2.34. The van der Waals surface area contributed by atoms with Crippen LogP contribution in [0.3, 0.4) is 0 Å². The Morgan fingerprint density at radius 3 is 2.36 bits per heavy atom. The lowest BCUT2D eigenvalue weighted by Gasteiger charge is -2.21. The van der Waals surface area contributed by atoms with Crippen molar-refractivity contribution < 1.29 is 0 Å². The third kappa shape index (κ3) is 1.85. The lowest BCUT2D eigenvalue weighted by Crippen LogP contribution is -2.14. The van der Waals surface area contributed by atoms with Crippen LogP contribution in [0.15, 0.2) is 85.1 Å². The van der Waals surface area contributed by atoms with Crippen LogP contribution in [-0.4, -0.2) is 9.55 Å². The summed E-state index contributed by atoms with van der Waals surface area (Å²) in [4.78, 5) is 4.70. The molecular formula is C26H20N2. The number of para-hydroxylation sites is 1. The van der Waals surface area contributed by atoms with Gasteiger partial charge in [0.2, 0.25) is 0 Å². The molecule has 134 valence electrons. The summed E-state index contributed by atoms with van der Waals surface area (Å²) in [5.41, 5.74) is 7.93. The minimum absolute atomic E-state index is 0.00842. The first-order valence-electron chi connectivity index (χ1n) is 9.76. The molecule has 0 saturated heterocycles. The molecule has 5 aromatic rings. The highest BCUT2D eigenvalue weighted by Gasteiger charge is 2.37. The van der Waals surface area contributed by atoms with Gasteiger partial charge >= 0.3 is 0 Å². The highest BCUT2D eigenvalue weighted by Crippen LogP contribution is 2.52. The van der Waals surface area contributed by atoms with Crippen molar-refractivity contribution in [2.45, 2.75) is 19.3 Å². The average Bonchev–Trinajstić information content (AvgIpc) is 3.19. The monoisotopic (exact) mass is 360 g/mol. The van der Waals surface area contributed by atoms with Crippen LogP contribution in [0.25, 0.3) is 38.8 Å². The molecule has 0 radical (unpaired) electrons. The van der Waals surface area contributed by atoms with Gasteiger partial charge in [-0.25, -0.2) is 4.98 Å². The highest BCUT2D eigenvalue weighted by atomic mass is 15.1. The van der Waals surface area contributed by atoms with Crippen LogP contribution in [0.5, 0.6) is 0 Å². The molecule has 0 bridgehead atoms. The molecule has 2 heterocycles. The third-order valence-corrected chi connectivity index (χ3v) is 6.26. The third-order valence-electron chi connectivity index (χ3n) is 6.26. The summed E-state index contributed by atoms with van der Waals surface area (Å²) in [6.07, 6.45) is 1.87. The predicted molar refractivity (Wildman–Crippen MR) is 116 cm³/mol. The fourth-order valence-electron chi connectivity index (χ4n) is 4.97. The Morgan fingerprint density at radius 2 is 1.50 bits per heavy atom. The maximum absolute atomic E-state index is 4.70. The van der Waals surface area contributed by atoms with E-state index in [-0.39, 0.29) is 5.41 Å². The molecule has 0 fully saturated rings. The molecule has 2 aromatic heterocycles. The Balaban J connectivity index is 1.89. The standard InChI is InChI=1S/C26H20N2/c1-26(2)20-11-5-3-10-19(20)24-21(26)15-14-18-17-9-4-6-12-22(17)28(25(18)24)23-13-7-8-16-27-23/h3-16H,1-2H3. The molecule has 2 heteroatoms. The van der Waals surface area contributed by atoms with Crippen molar-refractivity contribution in [3.63, 3.8) is 0 Å². The van der Waals surface area contributed by atoms with E-state index in [2.05, 4.69) is 91.2 Å². The Morgan fingerprint density at radius 1 is 0.714 bits per heavy atom. The minimum Gasteiger partial charge on any atom is -0.293 e. The van der Waals surface area contributed by atoms with E-state index in [4.69, 9.17) is 4.98 Å². The van der Waals surface area contributed by atoms with E-state index in [0.717, 1.165) is 5.82 Å². The second kappa shape index (κ2) is 5.32. The van der Waals surface area contributed by atoms with Crippen LogP contribution in [0.4, 0.5) is 0 Å². The molecule has 6 rings (SSSR count). The normalized spacial score (nSPS) is 14.4. The number of hydrogen-bond donors (Lipinski definition) is 0. The second-order valence-electron chi connectivity index (χ2n) is 8.10. The topological polar surface area (TPSA) is 17.8 Å². The van der Waals surface area contributed by atoms with Crippen LogP contribution < -0.4 is 0 Å². The number of aromatic nitrogens is 2. The molecule has 0 amide bonds. The van der Waals surface area contributed by atoms with Crippen LogP contribution in [-0.2, 0) is 5.41 Å². The van der Waals surface area contributed by atoms with E-state index in [0.29, 0.717) is 0 Å². The average molecular weight is 360 g/mol.